The van der Waals surface area contributed by atoms with Gasteiger partial charge >= 0.3 is 0 Å². The third kappa shape index (κ3) is 5.49. The van der Waals surface area contributed by atoms with Crippen LogP contribution in [0.2, 0.25) is 0 Å². The van der Waals surface area contributed by atoms with E-state index in [1.165, 1.54) is 42.3 Å². The molecule has 10 aromatic carbocycles. The number of rotatable bonds is 7. The molecule has 4 nitrogen and oxygen atoms in total. The van der Waals surface area contributed by atoms with E-state index in [0.29, 0.717) is 5.56 Å². The van der Waals surface area contributed by atoms with Gasteiger partial charge in [0.15, 0.2) is 8.07 Å². The molecule has 0 saturated heterocycles. The number of hydrogen-bond acceptors (Lipinski definition) is 1. The SMILES string of the molecule is N#Cc1cccc2c1c1cc(-n3c4ccccc4c4ccccc43)ccc1n2-c1ccc2c(c1)c1ccccc1n2-c1cccc([Si](c2ccccc2)(c2ccccc2)c2ccccc2)c1. The molecular weight excluding hydrogens is 817 g/mol. The number of aromatic nitrogens is 3. The smallest absolute Gasteiger partial charge is 0.179 e. The fraction of sp³-hybridized carbons (Fsp3) is 0. The quantitative estimate of drug-likeness (QED) is 0.116. The molecule has 308 valence electrons. The van der Waals surface area contributed by atoms with Gasteiger partial charge in [-0.2, -0.15) is 5.26 Å². The second-order valence-electron chi connectivity index (χ2n) is 17.2. The minimum Gasteiger partial charge on any atom is -0.309 e. The molecule has 0 aliphatic carbocycles. The molecule has 0 radical (unpaired) electrons. The third-order valence-electron chi connectivity index (χ3n) is 13.8. The summed E-state index contributed by atoms with van der Waals surface area (Å²) < 4.78 is 7.13. The maximum absolute atomic E-state index is 10.6. The Kier molecular flexibility index (Phi) is 8.57. The van der Waals surface area contributed by atoms with Crippen LogP contribution in [0.1, 0.15) is 5.56 Å². The molecule has 13 rings (SSSR count). The molecule has 0 aliphatic heterocycles. The van der Waals surface area contributed by atoms with Crippen LogP contribution in [-0.2, 0) is 0 Å². The lowest BCUT2D eigenvalue weighted by molar-refractivity contribution is 1.16. The average Bonchev–Trinajstić information content (AvgIpc) is 4.03. The van der Waals surface area contributed by atoms with Crippen molar-refractivity contribution in [1.82, 2.24) is 13.7 Å². The Hall–Kier alpha value is -8.69. The van der Waals surface area contributed by atoms with Crippen LogP contribution in [0, 0.1) is 11.3 Å². The maximum atomic E-state index is 10.6. The molecule has 3 aromatic heterocycles. The predicted octanol–water partition coefficient (Wildman–Crippen LogP) is 12.2. The van der Waals surface area contributed by atoms with Crippen molar-refractivity contribution < 1.29 is 0 Å². The monoisotopic (exact) mass is 856 g/mol. The van der Waals surface area contributed by atoms with Gasteiger partial charge in [-0.3, -0.25) is 0 Å². The first-order valence-electron chi connectivity index (χ1n) is 22.5. The van der Waals surface area contributed by atoms with Crippen LogP contribution in [0.5, 0.6) is 0 Å². The highest BCUT2D eigenvalue weighted by Gasteiger charge is 2.41. The standard InChI is InChI=1S/C61H40N4Si/c62-41-42-18-16-33-60-61(42)54-40-45(64-55-30-13-10-27-50(55)51-28-11-14-31-56(51)64)35-37-59(54)65(60)44-34-36-58-53(39-44)52-29-12-15-32-57(52)63(58)43-19-17-26-49(38-43)66(46-20-4-1-5-21-46,47-22-6-2-7-23-47)48-24-8-3-9-25-48/h1-40H. The highest BCUT2D eigenvalue weighted by atomic mass is 28.3. The summed E-state index contributed by atoms with van der Waals surface area (Å²) >= 11 is 0. The summed E-state index contributed by atoms with van der Waals surface area (Å²) in [7, 11) is -2.77. The molecule has 0 bridgehead atoms. The van der Waals surface area contributed by atoms with Crippen molar-refractivity contribution in [2.75, 3.05) is 0 Å². The highest BCUT2D eigenvalue weighted by Crippen LogP contribution is 2.40. The molecular formula is C61H40N4Si. The number of fused-ring (bicyclic) bond motifs is 9. The predicted molar refractivity (Wildman–Crippen MR) is 278 cm³/mol. The van der Waals surface area contributed by atoms with Crippen LogP contribution in [0.3, 0.4) is 0 Å². The van der Waals surface area contributed by atoms with E-state index >= 15 is 0 Å². The molecule has 0 unspecified atom stereocenters. The number of benzene rings is 10. The number of para-hydroxylation sites is 3. The molecule has 0 aliphatic rings. The van der Waals surface area contributed by atoms with Crippen molar-refractivity contribution in [3.8, 4) is 23.1 Å². The van der Waals surface area contributed by atoms with E-state index in [0.717, 1.165) is 60.9 Å². The molecule has 66 heavy (non-hydrogen) atoms. The second-order valence-corrected chi connectivity index (χ2v) is 21.0. The van der Waals surface area contributed by atoms with Crippen molar-refractivity contribution >= 4 is 94.2 Å². The van der Waals surface area contributed by atoms with E-state index in [1.807, 2.05) is 12.1 Å². The second kappa shape index (κ2) is 15.0. The van der Waals surface area contributed by atoms with Gasteiger partial charge in [0.25, 0.3) is 0 Å². The van der Waals surface area contributed by atoms with Crippen molar-refractivity contribution in [3.63, 3.8) is 0 Å². The Morgan fingerprint density at radius 1 is 0.288 bits per heavy atom. The average molecular weight is 857 g/mol. The van der Waals surface area contributed by atoms with Gasteiger partial charge in [-0.25, -0.2) is 0 Å². The largest absolute Gasteiger partial charge is 0.309 e. The molecule has 0 amide bonds. The lowest BCUT2D eigenvalue weighted by Gasteiger charge is -2.34. The molecule has 0 N–H and O–H groups in total. The van der Waals surface area contributed by atoms with Crippen LogP contribution >= 0.6 is 0 Å². The van der Waals surface area contributed by atoms with Gasteiger partial charge in [0.1, 0.15) is 0 Å². The maximum Gasteiger partial charge on any atom is 0.179 e. The van der Waals surface area contributed by atoms with E-state index in [1.54, 1.807) is 0 Å². The zero-order valence-corrected chi connectivity index (χ0v) is 36.9. The first-order chi connectivity index (χ1) is 32.7. The van der Waals surface area contributed by atoms with Crippen molar-refractivity contribution in [2.45, 2.75) is 0 Å². The minimum absolute atomic E-state index is 0.661. The van der Waals surface area contributed by atoms with Crippen LogP contribution in [0.25, 0.3) is 82.5 Å². The van der Waals surface area contributed by atoms with Crippen molar-refractivity contribution in [2.24, 2.45) is 0 Å². The molecule has 0 fully saturated rings. The van der Waals surface area contributed by atoms with Gasteiger partial charge in [0, 0.05) is 49.4 Å². The Labute approximate surface area is 382 Å². The minimum atomic E-state index is -2.77. The van der Waals surface area contributed by atoms with Gasteiger partial charge in [-0.1, -0.05) is 164 Å². The van der Waals surface area contributed by atoms with E-state index in [-0.39, 0.29) is 0 Å². The fourth-order valence-corrected chi connectivity index (χ4v) is 15.9. The molecule has 13 aromatic rings. The summed E-state index contributed by atoms with van der Waals surface area (Å²) in [6, 6.07) is 90.9. The molecule has 3 heterocycles. The van der Waals surface area contributed by atoms with Crippen LogP contribution in [0.4, 0.5) is 0 Å². The van der Waals surface area contributed by atoms with Crippen LogP contribution in [-0.4, -0.2) is 21.8 Å². The highest BCUT2D eigenvalue weighted by molar-refractivity contribution is 7.19. The normalized spacial score (nSPS) is 11.9. The van der Waals surface area contributed by atoms with Crippen LogP contribution < -0.4 is 20.7 Å². The first-order valence-corrected chi connectivity index (χ1v) is 24.5. The molecule has 0 spiro atoms. The molecule has 5 heteroatoms. The summed E-state index contributed by atoms with van der Waals surface area (Å²) in [6.07, 6.45) is 0. The lowest BCUT2D eigenvalue weighted by Crippen LogP contribution is -2.74. The topological polar surface area (TPSA) is 38.6 Å². The Bertz CT molecular complexity index is 3910. The van der Waals surface area contributed by atoms with E-state index < -0.39 is 8.07 Å². The molecule has 0 atom stereocenters. The van der Waals surface area contributed by atoms with Gasteiger partial charge in [-0.05, 0) is 99.6 Å². The molecule has 0 saturated carbocycles. The number of nitrogens with zero attached hydrogens (tertiary/aromatic N) is 4. The van der Waals surface area contributed by atoms with E-state index in [2.05, 4.69) is 250 Å². The Morgan fingerprint density at radius 2 is 0.667 bits per heavy atom. The van der Waals surface area contributed by atoms with E-state index in [9.17, 15) is 5.26 Å². The summed E-state index contributed by atoms with van der Waals surface area (Å²) in [6.45, 7) is 0. The number of hydrogen-bond donors (Lipinski definition) is 0. The fourth-order valence-electron chi connectivity index (χ4n) is 11.1. The Balaban J connectivity index is 1.03. The summed E-state index contributed by atoms with van der Waals surface area (Å²) in [5, 5.41) is 22.7. The zero-order valence-electron chi connectivity index (χ0n) is 35.9. The lowest BCUT2D eigenvalue weighted by atomic mass is 10.1. The van der Waals surface area contributed by atoms with Gasteiger partial charge < -0.3 is 13.7 Å². The van der Waals surface area contributed by atoms with Crippen molar-refractivity contribution in [1.29, 1.82) is 5.26 Å². The summed E-state index contributed by atoms with van der Waals surface area (Å²) in [5.41, 5.74) is 10.5. The zero-order chi connectivity index (χ0) is 43.8. The van der Waals surface area contributed by atoms with Gasteiger partial charge in [-0.15, -0.1) is 0 Å². The van der Waals surface area contributed by atoms with Gasteiger partial charge in [0.2, 0.25) is 0 Å². The summed E-state index contributed by atoms with van der Waals surface area (Å²) in [4.78, 5) is 0. The van der Waals surface area contributed by atoms with E-state index in [4.69, 9.17) is 0 Å². The van der Waals surface area contributed by atoms with Crippen molar-refractivity contribution in [3.05, 3.63) is 248 Å². The van der Waals surface area contributed by atoms with Gasteiger partial charge in [0.05, 0.1) is 44.7 Å². The third-order valence-corrected chi connectivity index (χ3v) is 18.6. The summed E-state index contributed by atoms with van der Waals surface area (Å²) in [5.74, 6) is 0. The van der Waals surface area contributed by atoms with Crippen LogP contribution in [0.15, 0.2) is 243 Å². The first kappa shape index (κ1) is 37.8. The Morgan fingerprint density at radius 3 is 1.20 bits per heavy atom. The number of nitriles is 1.